The van der Waals surface area contributed by atoms with E-state index in [0.29, 0.717) is 30.2 Å². The second-order valence-corrected chi connectivity index (χ2v) is 8.20. The van der Waals surface area contributed by atoms with Crippen molar-refractivity contribution in [1.29, 1.82) is 0 Å². The van der Waals surface area contributed by atoms with E-state index in [2.05, 4.69) is 20.4 Å². The van der Waals surface area contributed by atoms with E-state index in [1.54, 1.807) is 7.11 Å². The number of hydrogen-bond acceptors (Lipinski definition) is 6. The van der Waals surface area contributed by atoms with Crippen molar-refractivity contribution in [3.05, 3.63) is 59.2 Å². The molecule has 1 N–H and O–H groups in total. The van der Waals surface area contributed by atoms with Gasteiger partial charge in [-0.2, -0.15) is 4.98 Å². The van der Waals surface area contributed by atoms with Gasteiger partial charge in [0, 0.05) is 17.2 Å². The maximum atomic E-state index is 13.3. The van der Waals surface area contributed by atoms with E-state index < -0.39 is 5.82 Å². The molecule has 1 aromatic heterocycles. The van der Waals surface area contributed by atoms with Crippen LogP contribution in [0.2, 0.25) is 5.02 Å². The van der Waals surface area contributed by atoms with Crippen LogP contribution in [0.25, 0.3) is 11.4 Å². The summed E-state index contributed by atoms with van der Waals surface area (Å²) in [4.78, 5) is 19.4. The Hall–Kier alpha value is -2.97. The number of ether oxygens (including phenoxy) is 1. The van der Waals surface area contributed by atoms with E-state index in [0.717, 1.165) is 24.4 Å². The van der Waals surface area contributed by atoms with Gasteiger partial charge < -0.3 is 14.6 Å². The number of methoxy groups -OCH3 is 1. The van der Waals surface area contributed by atoms with E-state index in [1.165, 1.54) is 18.2 Å². The Kier molecular flexibility index (Phi) is 6.72. The minimum atomic E-state index is -0.511. The predicted molar refractivity (Wildman–Crippen MR) is 119 cm³/mol. The number of halogens is 2. The number of benzene rings is 2. The first-order chi connectivity index (χ1) is 15.4. The third kappa shape index (κ3) is 4.92. The van der Waals surface area contributed by atoms with Crippen LogP contribution in [0, 0.1) is 11.7 Å². The zero-order valence-electron chi connectivity index (χ0n) is 17.8. The lowest BCUT2D eigenvalue weighted by atomic mass is 9.95. The number of nitrogens with zero attached hydrogens (tertiary/aromatic N) is 3. The van der Waals surface area contributed by atoms with E-state index in [-0.39, 0.29) is 22.9 Å². The largest absolute Gasteiger partial charge is 0.497 e. The average molecular weight is 459 g/mol. The van der Waals surface area contributed by atoms with Gasteiger partial charge in [-0.05, 0) is 75.3 Å². The number of amides is 1. The molecule has 1 aliphatic rings. The highest BCUT2D eigenvalue weighted by atomic mass is 35.5. The molecule has 7 nitrogen and oxygen atoms in total. The van der Waals surface area contributed by atoms with Gasteiger partial charge in [0.2, 0.25) is 17.6 Å². The highest BCUT2D eigenvalue weighted by Crippen LogP contribution is 2.29. The van der Waals surface area contributed by atoms with Gasteiger partial charge in [0.15, 0.2) is 0 Å². The summed E-state index contributed by atoms with van der Waals surface area (Å²) in [6.07, 6.45) is 1.40. The first kappa shape index (κ1) is 22.2. The van der Waals surface area contributed by atoms with E-state index in [1.807, 2.05) is 31.2 Å². The third-order valence-corrected chi connectivity index (χ3v) is 6.07. The molecule has 9 heteroatoms. The number of carbonyl (C=O) groups is 1. The Morgan fingerprint density at radius 2 is 1.97 bits per heavy atom. The SMILES string of the molecule is COc1ccc(-c2noc(C(C)N3CCC(C(=O)Nc4ccc(F)c(Cl)c4)CC3)n2)cc1. The van der Waals surface area contributed by atoms with Crippen LogP contribution >= 0.6 is 11.6 Å². The predicted octanol–water partition coefficient (Wildman–Crippen LogP) is 4.95. The molecule has 0 bridgehead atoms. The summed E-state index contributed by atoms with van der Waals surface area (Å²) in [5.41, 5.74) is 1.35. The highest BCUT2D eigenvalue weighted by Gasteiger charge is 2.30. The first-order valence-corrected chi connectivity index (χ1v) is 10.8. The smallest absolute Gasteiger partial charge is 0.244 e. The fourth-order valence-electron chi connectivity index (χ4n) is 3.79. The van der Waals surface area contributed by atoms with Crippen molar-refractivity contribution in [2.24, 2.45) is 5.92 Å². The van der Waals surface area contributed by atoms with Crippen LogP contribution in [0.4, 0.5) is 10.1 Å². The molecule has 0 radical (unpaired) electrons. The average Bonchev–Trinajstić information content (AvgIpc) is 3.31. The van der Waals surface area contributed by atoms with Gasteiger partial charge in [-0.25, -0.2) is 4.39 Å². The number of rotatable bonds is 6. The summed E-state index contributed by atoms with van der Waals surface area (Å²) in [6.45, 7) is 3.47. The molecule has 4 rings (SSSR count). The van der Waals surface area contributed by atoms with Crippen molar-refractivity contribution < 1.29 is 18.4 Å². The van der Waals surface area contributed by atoms with Crippen molar-refractivity contribution in [2.45, 2.75) is 25.8 Å². The van der Waals surface area contributed by atoms with Gasteiger partial charge in [-0.15, -0.1) is 0 Å². The van der Waals surface area contributed by atoms with Gasteiger partial charge in [-0.3, -0.25) is 9.69 Å². The summed E-state index contributed by atoms with van der Waals surface area (Å²) in [5, 5.41) is 6.92. The molecular weight excluding hydrogens is 435 g/mol. The zero-order chi connectivity index (χ0) is 22.7. The number of aromatic nitrogens is 2. The summed E-state index contributed by atoms with van der Waals surface area (Å²) in [5.74, 6) is 1.11. The van der Waals surface area contributed by atoms with E-state index >= 15 is 0 Å². The summed E-state index contributed by atoms with van der Waals surface area (Å²) in [6, 6.07) is 11.6. The Bertz CT molecular complexity index is 1080. The molecule has 168 valence electrons. The number of anilines is 1. The zero-order valence-corrected chi connectivity index (χ0v) is 18.6. The van der Waals surface area contributed by atoms with Crippen LogP contribution in [0.15, 0.2) is 47.0 Å². The van der Waals surface area contributed by atoms with Gasteiger partial charge >= 0.3 is 0 Å². The number of piperidine rings is 1. The maximum absolute atomic E-state index is 13.3. The number of nitrogens with one attached hydrogen (secondary N) is 1. The molecule has 1 aliphatic heterocycles. The number of hydrogen-bond donors (Lipinski definition) is 1. The molecule has 1 saturated heterocycles. The van der Waals surface area contributed by atoms with Crippen LogP contribution in [-0.4, -0.2) is 41.1 Å². The second-order valence-electron chi connectivity index (χ2n) is 7.79. The minimum Gasteiger partial charge on any atom is -0.497 e. The summed E-state index contributed by atoms with van der Waals surface area (Å²) >= 11 is 5.79. The molecule has 0 saturated carbocycles. The Balaban J connectivity index is 1.33. The maximum Gasteiger partial charge on any atom is 0.244 e. The molecule has 0 spiro atoms. The van der Waals surface area contributed by atoms with Gasteiger partial charge in [0.25, 0.3) is 0 Å². The van der Waals surface area contributed by atoms with Gasteiger partial charge in [0.05, 0.1) is 18.2 Å². The summed E-state index contributed by atoms with van der Waals surface area (Å²) < 4.78 is 24.0. The Morgan fingerprint density at radius 3 is 2.62 bits per heavy atom. The van der Waals surface area contributed by atoms with Crippen molar-refractivity contribution in [2.75, 3.05) is 25.5 Å². The Labute approximate surface area is 190 Å². The van der Waals surface area contributed by atoms with E-state index in [4.69, 9.17) is 20.9 Å². The Morgan fingerprint density at radius 1 is 1.25 bits per heavy atom. The van der Waals surface area contributed by atoms with Crippen LogP contribution in [-0.2, 0) is 4.79 Å². The highest BCUT2D eigenvalue weighted by molar-refractivity contribution is 6.31. The van der Waals surface area contributed by atoms with Gasteiger partial charge in [0.1, 0.15) is 11.6 Å². The normalized spacial score (nSPS) is 16.0. The first-order valence-electron chi connectivity index (χ1n) is 10.4. The lowest BCUT2D eigenvalue weighted by Crippen LogP contribution is -2.39. The molecule has 1 amide bonds. The minimum absolute atomic E-state index is 0.0139. The fourth-order valence-corrected chi connectivity index (χ4v) is 3.97. The molecule has 32 heavy (non-hydrogen) atoms. The molecular formula is C23H24ClFN4O3. The molecule has 1 unspecified atom stereocenters. The number of carbonyl (C=O) groups excluding carboxylic acids is 1. The van der Waals surface area contributed by atoms with Crippen LogP contribution in [0.1, 0.15) is 31.7 Å². The number of likely N-dealkylation sites (tertiary alicyclic amines) is 1. The summed E-state index contributed by atoms with van der Waals surface area (Å²) in [7, 11) is 1.62. The van der Waals surface area contributed by atoms with Gasteiger partial charge in [-0.1, -0.05) is 16.8 Å². The van der Waals surface area contributed by atoms with Crippen molar-refractivity contribution in [3.8, 4) is 17.1 Å². The van der Waals surface area contributed by atoms with Crippen molar-refractivity contribution >= 4 is 23.2 Å². The monoisotopic (exact) mass is 458 g/mol. The molecule has 1 fully saturated rings. The standard InChI is InChI=1S/C23H24ClFN4O3/c1-14(23-27-21(28-32-23)15-3-6-18(31-2)7-4-15)29-11-9-16(10-12-29)22(30)26-17-5-8-20(25)19(24)13-17/h3-8,13-14,16H,9-12H2,1-2H3,(H,26,30). The van der Waals surface area contributed by atoms with Crippen LogP contribution in [0.3, 0.4) is 0 Å². The fraction of sp³-hybridized carbons (Fsp3) is 0.348. The van der Waals surface area contributed by atoms with E-state index in [9.17, 15) is 9.18 Å². The quantitative estimate of drug-likeness (QED) is 0.563. The lowest BCUT2D eigenvalue weighted by Gasteiger charge is -2.33. The van der Waals surface area contributed by atoms with Crippen molar-refractivity contribution in [3.63, 3.8) is 0 Å². The topological polar surface area (TPSA) is 80.5 Å². The lowest BCUT2D eigenvalue weighted by molar-refractivity contribution is -0.121. The van der Waals surface area contributed by atoms with Crippen molar-refractivity contribution in [1.82, 2.24) is 15.0 Å². The molecule has 0 aliphatic carbocycles. The molecule has 1 atom stereocenters. The molecule has 2 aromatic carbocycles. The molecule has 3 aromatic rings. The van der Waals surface area contributed by atoms with Crippen LogP contribution in [0.5, 0.6) is 5.75 Å². The van der Waals surface area contributed by atoms with Crippen LogP contribution < -0.4 is 10.1 Å². The molecule has 2 heterocycles. The second kappa shape index (κ2) is 9.67. The third-order valence-electron chi connectivity index (χ3n) is 5.78.